The molecule has 0 spiro atoms. The lowest BCUT2D eigenvalue weighted by Crippen LogP contribution is -2.10. The maximum Gasteiger partial charge on any atom is 0.249 e. The van der Waals surface area contributed by atoms with E-state index < -0.39 is 5.91 Å². The third kappa shape index (κ3) is 4.50. The first-order chi connectivity index (χ1) is 12.5. The predicted octanol–water partition coefficient (Wildman–Crippen LogP) is 5.03. The molecule has 7 heteroatoms. The zero-order chi connectivity index (χ0) is 18.5. The third-order valence-corrected chi connectivity index (χ3v) is 4.19. The van der Waals surface area contributed by atoms with Crippen molar-refractivity contribution in [3.05, 3.63) is 87.8 Å². The third-order valence-electron chi connectivity index (χ3n) is 3.57. The van der Waals surface area contributed by atoms with Gasteiger partial charge in [0.25, 0.3) is 0 Å². The monoisotopic (exact) mass is 389 g/mol. The van der Waals surface area contributed by atoms with Crippen LogP contribution in [0, 0.1) is 5.82 Å². The van der Waals surface area contributed by atoms with Gasteiger partial charge < -0.3 is 5.32 Å². The number of hydrogen-bond donors (Lipinski definition) is 1. The second kappa shape index (κ2) is 8.17. The number of amides is 1. The molecule has 1 N–H and O–H groups in total. The van der Waals surface area contributed by atoms with Crippen LogP contribution in [0.5, 0.6) is 0 Å². The van der Waals surface area contributed by atoms with Gasteiger partial charge in [0.2, 0.25) is 5.91 Å². The quantitative estimate of drug-likeness (QED) is 0.622. The molecule has 0 aliphatic rings. The fraction of sp³-hybridized carbons (Fsp3) is 0.0526. The molecule has 0 fully saturated rings. The first kappa shape index (κ1) is 18.2. The fourth-order valence-electron chi connectivity index (χ4n) is 2.30. The largest absolute Gasteiger partial charge is 0.304 e. The summed E-state index contributed by atoms with van der Waals surface area (Å²) in [6.07, 6.45) is 4.47. The van der Waals surface area contributed by atoms with Crippen LogP contribution in [0.25, 0.3) is 6.08 Å². The highest BCUT2D eigenvalue weighted by Gasteiger charge is 2.11. The van der Waals surface area contributed by atoms with Gasteiger partial charge in [-0.25, -0.2) is 4.39 Å². The molecule has 0 atom stereocenters. The molecule has 1 aromatic heterocycles. The van der Waals surface area contributed by atoms with Crippen LogP contribution >= 0.6 is 23.2 Å². The van der Waals surface area contributed by atoms with E-state index in [1.165, 1.54) is 23.0 Å². The first-order valence-electron chi connectivity index (χ1n) is 7.73. The molecule has 1 amide bonds. The summed E-state index contributed by atoms with van der Waals surface area (Å²) < 4.78 is 15.2. The Kier molecular flexibility index (Phi) is 5.71. The number of nitrogens with one attached hydrogen (secondary N) is 1. The van der Waals surface area contributed by atoms with Crippen molar-refractivity contribution in [2.24, 2.45) is 0 Å². The van der Waals surface area contributed by atoms with E-state index in [0.29, 0.717) is 10.6 Å². The van der Waals surface area contributed by atoms with Crippen LogP contribution < -0.4 is 5.32 Å². The summed E-state index contributed by atoms with van der Waals surface area (Å²) >= 11 is 12.1. The van der Waals surface area contributed by atoms with Gasteiger partial charge in [0.05, 0.1) is 6.54 Å². The van der Waals surface area contributed by atoms with Crippen molar-refractivity contribution in [1.29, 1.82) is 0 Å². The minimum absolute atomic E-state index is 0.205. The zero-order valence-electron chi connectivity index (χ0n) is 13.5. The Bertz CT molecular complexity index is 969. The minimum Gasteiger partial charge on any atom is -0.304 e. The van der Waals surface area contributed by atoms with E-state index in [-0.39, 0.29) is 23.2 Å². The number of carbonyl (C=O) groups excluding carboxylic acids is 1. The van der Waals surface area contributed by atoms with Crippen molar-refractivity contribution in [3.63, 3.8) is 0 Å². The first-order valence-corrected chi connectivity index (χ1v) is 8.48. The second-order valence-corrected chi connectivity index (χ2v) is 6.27. The highest BCUT2D eigenvalue weighted by Crippen LogP contribution is 2.21. The summed E-state index contributed by atoms with van der Waals surface area (Å²) in [5.74, 6) is -0.521. The maximum absolute atomic E-state index is 13.7. The number of nitrogens with zero attached hydrogens (tertiary/aromatic N) is 2. The number of aromatic nitrogens is 2. The highest BCUT2D eigenvalue weighted by molar-refractivity contribution is 6.33. The average molecular weight is 390 g/mol. The van der Waals surface area contributed by atoms with E-state index in [1.54, 1.807) is 36.4 Å². The standard InChI is InChI=1S/C19H14Cl2FN3O/c20-15-7-3-1-5-13(15)9-10-18(26)23-19-16(21)12-25(24-19)11-14-6-2-4-8-17(14)22/h1-10,12H,11H2,(H,23,24,26)/b10-9+. The summed E-state index contributed by atoms with van der Waals surface area (Å²) in [6, 6.07) is 13.6. The van der Waals surface area contributed by atoms with Crippen LogP contribution in [0.2, 0.25) is 10.0 Å². The number of carbonyl (C=O) groups is 1. The summed E-state index contributed by atoms with van der Waals surface area (Å²) in [5, 5.41) is 7.59. The molecule has 3 rings (SSSR count). The molecule has 0 saturated heterocycles. The summed E-state index contributed by atoms with van der Waals surface area (Å²) in [5.41, 5.74) is 1.20. The molecule has 0 saturated carbocycles. The normalized spacial score (nSPS) is 11.0. The molecule has 2 aromatic carbocycles. The van der Waals surface area contributed by atoms with Gasteiger partial charge in [-0.05, 0) is 23.8 Å². The van der Waals surface area contributed by atoms with E-state index in [1.807, 2.05) is 12.1 Å². The predicted molar refractivity (Wildman–Crippen MR) is 102 cm³/mol. The maximum atomic E-state index is 13.7. The van der Waals surface area contributed by atoms with Gasteiger partial charge in [0, 0.05) is 22.9 Å². The van der Waals surface area contributed by atoms with Crippen LogP contribution in [0.3, 0.4) is 0 Å². The van der Waals surface area contributed by atoms with Gasteiger partial charge in [0.1, 0.15) is 10.8 Å². The molecule has 4 nitrogen and oxygen atoms in total. The Balaban J connectivity index is 1.69. The molecule has 0 aliphatic carbocycles. The van der Waals surface area contributed by atoms with Crippen molar-refractivity contribution < 1.29 is 9.18 Å². The van der Waals surface area contributed by atoms with Crippen molar-refractivity contribution >= 4 is 41.0 Å². The van der Waals surface area contributed by atoms with Gasteiger partial charge in [-0.15, -0.1) is 0 Å². The van der Waals surface area contributed by atoms with Crippen LogP contribution in [0.4, 0.5) is 10.2 Å². The number of rotatable bonds is 5. The Hall–Kier alpha value is -2.63. The molecular formula is C19H14Cl2FN3O. The van der Waals surface area contributed by atoms with E-state index in [4.69, 9.17) is 23.2 Å². The number of benzene rings is 2. The molecular weight excluding hydrogens is 376 g/mol. The number of halogens is 3. The van der Waals surface area contributed by atoms with Gasteiger partial charge in [0.15, 0.2) is 5.82 Å². The van der Waals surface area contributed by atoms with Gasteiger partial charge >= 0.3 is 0 Å². The zero-order valence-corrected chi connectivity index (χ0v) is 15.0. The summed E-state index contributed by atoms with van der Waals surface area (Å²) in [4.78, 5) is 12.1. The van der Waals surface area contributed by atoms with Crippen molar-refractivity contribution in [1.82, 2.24) is 9.78 Å². The average Bonchev–Trinajstić information content (AvgIpc) is 2.95. The fourth-order valence-corrected chi connectivity index (χ4v) is 2.69. The van der Waals surface area contributed by atoms with Gasteiger partial charge in [-0.3, -0.25) is 9.48 Å². The summed E-state index contributed by atoms with van der Waals surface area (Å²) in [7, 11) is 0. The van der Waals surface area contributed by atoms with Crippen LogP contribution in [-0.2, 0) is 11.3 Å². The Morgan fingerprint density at radius 1 is 1.12 bits per heavy atom. The molecule has 26 heavy (non-hydrogen) atoms. The van der Waals surface area contributed by atoms with Crippen LogP contribution in [0.15, 0.2) is 60.8 Å². The molecule has 3 aromatic rings. The lowest BCUT2D eigenvalue weighted by molar-refractivity contribution is -0.111. The molecule has 0 aliphatic heterocycles. The van der Waals surface area contributed by atoms with Gasteiger partial charge in [-0.1, -0.05) is 59.6 Å². The van der Waals surface area contributed by atoms with E-state index in [0.717, 1.165) is 5.56 Å². The van der Waals surface area contributed by atoms with E-state index in [9.17, 15) is 9.18 Å². The van der Waals surface area contributed by atoms with Crippen LogP contribution in [-0.4, -0.2) is 15.7 Å². The Morgan fingerprint density at radius 2 is 1.85 bits per heavy atom. The van der Waals surface area contributed by atoms with Crippen molar-refractivity contribution in [3.8, 4) is 0 Å². The van der Waals surface area contributed by atoms with E-state index in [2.05, 4.69) is 10.4 Å². The van der Waals surface area contributed by atoms with Gasteiger partial charge in [-0.2, -0.15) is 5.10 Å². The second-order valence-electron chi connectivity index (χ2n) is 5.46. The lowest BCUT2D eigenvalue weighted by Gasteiger charge is -2.03. The molecule has 1 heterocycles. The molecule has 132 valence electrons. The topological polar surface area (TPSA) is 46.9 Å². The lowest BCUT2D eigenvalue weighted by atomic mass is 10.2. The van der Waals surface area contributed by atoms with Crippen molar-refractivity contribution in [2.75, 3.05) is 5.32 Å². The minimum atomic E-state index is -0.400. The van der Waals surface area contributed by atoms with E-state index >= 15 is 0 Å². The molecule has 0 bridgehead atoms. The number of anilines is 1. The van der Waals surface area contributed by atoms with Crippen molar-refractivity contribution in [2.45, 2.75) is 6.54 Å². The molecule has 0 radical (unpaired) electrons. The van der Waals surface area contributed by atoms with Crippen LogP contribution in [0.1, 0.15) is 11.1 Å². The SMILES string of the molecule is O=C(/C=C/c1ccccc1Cl)Nc1nn(Cc2ccccc2F)cc1Cl. The molecule has 0 unspecified atom stereocenters. The summed E-state index contributed by atoms with van der Waals surface area (Å²) in [6.45, 7) is 0.206. The Labute approximate surface area is 159 Å². The number of hydrogen-bond acceptors (Lipinski definition) is 2. The Morgan fingerprint density at radius 3 is 2.62 bits per heavy atom. The smallest absolute Gasteiger partial charge is 0.249 e. The highest BCUT2D eigenvalue weighted by atomic mass is 35.5.